The lowest BCUT2D eigenvalue weighted by Gasteiger charge is -2.27. The average molecular weight is 588 g/mol. The van der Waals surface area contributed by atoms with Gasteiger partial charge in [0, 0.05) is 22.5 Å². The molecule has 0 bridgehead atoms. The van der Waals surface area contributed by atoms with Crippen LogP contribution in [0.15, 0.2) is 103 Å². The maximum atomic E-state index is 12.0. The number of rotatable bonds is 10. The number of aromatic nitrogens is 3. The number of benzene rings is 2. The first kappa shape index (κ1) is 28.9. The monoisotopic (exact) mass is 587 g/mol. The lowest BCUT2D eigenvalue weighted by atomic mass is 10.1. The number of carbonyl (C=O) groups excluding carboxylic acids is 4. The minimum Gasteiger partial charge on any atom is -0.366 e. The first-order chi connectivity index (χ1) is 21.1. The third-order valence-electron chi connectivity index (χ3n) is 6.39. The Hall–Kier alpha value is -6.63. The van der Waals surface area contributed by atoms with Crippen LogP contribution in [0.1, 0.15) is 41.7 Å². The quantitative estimate of drug-likeness (QED) is 0.188. The van der Waals surface area contributed by atoms with Crippen LogP contribution < -0.4 is 32.7 Å². The molecular formula is C31H25N9O4. The fraction of sp³-hybridized carbons (Fsp3) is 0. The Morgan fingerprint density at radius 1 is 0.432 bits per heavy atom. The van der Waals surface area contributed by atoms with Gasteiger partial charge in [-0.3, -0.25) is 29.0 Å². The normalized spacial score (nSPS) is 10.5. The Labute approximate surface area is 250 Å². The molecule has 2 aromatic carbocycles. The highest BCUT2D eigenvalue weighted by molar-refractivity contribution is 5.96. The number of hydrogen-bond acceptors (Lipinski definition) is 9. The molecule has 13 heteroatoms. The highest BCUT2D eigenvalue weighted by Gasteiger charge is 2.22. The number of amides is 4. The molecule has 4 amide bonds. The zero-order valence-electron chi connectivity index (χ0n) is 23.0. The highest BCUT2D eigenvalue weighted by Crippen LogP contribution is 2.37. The van der Waals surface area contributed by atoms with Gasteiger partial charge in [0.1, 0.15) is 34.7 Å². The highest BCUT2D eigenvalue weighted by atomic mass is 16.2. The third kappa shape index (κ3) is 6.01. The van der Waals surface area contributed by atoms with Crippen molar-refractivity contribution in [1.29, 1.82) is 0 Å². The van der Waals surface area contributed by atoms with Crippen LogP contribution in [0.4, 0.5) is 34.6 Å². The number of nitrogens with zero attached hydrogens (tertiary/aromatic N) is 5. The van der Waals surface area contributed by atoms with E-state index >= 15 is 0 Å². The van der Waals surface area contributed by atoms with E-state index in [9.17, 15) is 19.2 Å². The van der Waals surface area contributed by atoms with E-state index in [2.05, 4.69) is 9.97 Å². The lowest BCUT2D eigenvalue weighted by molar-refractivity contribution is 0.0987. The third-order valence-corrected chi connectivity index (χ3v) is 6.39. The molecule has 0 radical (unpaired) electrons. The van der Waals surface area contributed by atoms with Crippen LogP contribution in [0.5, 0.6) is 0 Å². The molecule has 0 aliphatic rings. The molecule has 0 unspecified atom stereocenters. The summed E-state index contributed by atoms with van der Waals surface area (Å²) in [6.45, 7) is 0. The fourth-order valence-corrected chi connectivity index (χ4v) is 4.39. The first-order valence-corrected chi connectivity index (χ1v) is 13.0. The predicted molar refractivity (Wildman–Crippen MR) is 163 cm³/mol. The second-order valence-corrected chi connectivity index (χ2v) is 9.34. The van der Waals surface area contributed by atoms with Gasteiger partial charge in [0.15, 0.2) is 0 Å². The maximum absolute atomic E-state index is 12.0. The topological polar surface area (TPSA) is 218 Å². The maximum Gasteiger partial charge on any atom is 0.267 e. The average Bonchev–Trinajstić information content (AvgIpc) is 3.02. The van der Waals surface area contributed by atoms with Crippen molar-refractivity contribution in [2.24, 2.45) is 22.9 Å². The summed E-state index contributed by atoms with van der Waals surface area (Å²) in [6, 6.07) is 27.5. The summed E-state index contributed by atoms with van der Waals surface area (Å²) < 4.78 is 0. The number of anilines is 6. The largest absolute Gasteiger partial charge is 0.366 e. The van der Waals surface area contributed by atoms with Gasteiger partial charge in [-0.25, -0.2) is 15.0 Å². The smallest absolute Gasteiger partial charge is 0.267 e. The van der Waals surface area contributed by atoms with Crippen LogP contribution >= 0.6 is 0 Å². The van der Waals surface area contributed by atoms with E-state index < -0.39 is 23.6 Å². The van der Waals surface area contributed by atoms with Crippen LogP contribution in [-0.4, -0.2) is 38.6 Å². The summed E-state index contributed by atoms with van der Waals surface area (Å²) in [7, 11) is 0. The summed E-state index contributed by atoms with van der Waals surface area (Å²) in [5.41, 5.74) is 23.5. The zero-order chi connectivity index (χ0) is 31.4. The van der Waals surface area contributed by atoms with Crippen LogP contribution in [0, 0.1) is 0 Å². The SMILES string of the molecule is NC(=O)c1cccc(N(c2cccc(C(N)=O)n2)c2cccc(N(c3cccc(C(N)=O)c3)c3cccc(C(N)=O)n3)n2)c1. The van der Waals surface area contributed by atoms with Crippen molar-refractivity contribution in [2.45, 2.75) is 0 Å². The van der Waals surface area contributed by atoms with Gasteiger partial charge in [-0.1, -0.05) is 30.3 Å². The van der Waals surface area contributed by atoms with Crippen molar-refractivity contribution in [2.75, 3.05) is 9.80 Å². The number of primary amides is 4. The fourth-order valence-electron chi connectivity index (χ4n) is 4.39. The Balaban J connectivity index is 1.73. The van der Waals surface area contributed by atoms with E-state index in [4.69, 9.17) is 27.9 Å². The molecule has 13 nitrogen and oxygen atoms in total. The van der Waals surface area contributed by atoms with Gasteiger partial charge >= 0.3 is 0 Å². The molecular weight excluding hydrogens is 562 g/mol. The second kappa shape index (κ2) is 12.1. The van der Waals surface area contributed by atoms with Gasteiger partial charge in [-0.2, -0.15) is 0 Å². The molecule has 0 spiro atoms. The molecule has 44 heavy (non-hydrogen) atoms. The molecule has 0 aliphatic carbocycles. The van der Waals surface area contributed by atoms with Crippen LogP contribution in [-0.2, 0) is 0 Å². The van der Waals surface area contributed by atoms with Crippen molar-refractivity contribution in [3.63, 3.8) is 0 Å². The van der Waals surface area contributed by atoms with E-state index in [0.29, 0.717) is 23.0 Å². The van der Waals surface area contributed by atoms with Crippen molar-refractivity contribution >= 4 is 58.3 Å². The Morgan fingerprint density at radius 2 is 0.773 bits per heavy atom. The minimum absolute atomic E-state index is 0.00655. The molecule has 0 fully saturated rings. The summed E-state index contributed by atoms with van der Waals surface area (Å²) in [6.07, 6.45) is 0. The molecule has 0 aliphatic heterocycles. The molecule has 0 saturated carbocycles. The van der Waals surface area contributed by atoms with Crippen molar-refractivity contribution < 1.29 is 19.2 Å². The number of hydrogen-bond donors (Lipinski definition) is 4. The summed E-state index contributed by atoms with van der Waals surface area (Å²) in [5, 5.41) is 0. The lowest BCUT2D eigenvalue weighted by Crippen LogP contribution is -2.20. The number of pyridine rings is 3. The Morgan fingerprint density at radius 3 is 1.14 bits per heavy atom. The molecule has 0 saturated heterocycles. The summed E-state index contributed by atoms with van der Waals surface area (Å²) >= 11 is 0. The van der Waals surface area contributed by atoms with E-state index in [-0.39, 0.29) is 34.2 Å². The number of carbonyl (C=O) groups is 4. The van der Waals surface area contributed by atoms with Crippen LogP contribution in [0.2, 0.25) is 0 Å². The Kier molecular flexibility index (Phi) is 7.93. The second-order valence-electron chi connectivity index (χ2n) is 9.34. The summed E-state index contributed by atoms with van der Waals surface area (Å²) in [5.74, 6) is -1.62. The van der Waals surface area contributed by atoms with Gasteiger partial charge in [-0.15, -0.1) is 0 Å². The molecule has 3 aromatic heterocycles. The molecule has 218 valence electrons. The van der Waals surface area contributed by atoms with Gasteiger partial charge in [0.05, 0.1) is 0 Å². The van der Waals surface area contributed by atoms with Gasteiger partial charge in [0.2, 0.25) is 11.8 Å². The van der Waals surface area contributed by atoms with Crippen LogP contribution in [0.3, 0.4) is 0 Å². The van der Waals surface area contributed by atoms with E-state index in [0.717, 1.165) is 0 Å². The van der Waals surface area contributed by atoms with E-state index in [1.807, 2.05) is 0 Å². The van der Waals surface area contributed by atoms with Crippen molar-refractivity contribution in [3.8, 4) is 0 Å². The zero-order valence-corrected chi connectivity index (χ0v) is 23.0. The standard InChI is InChI=1S/C31H25N9O4/c32-28(41)18-6-1-8-20(16-18)39(24-12-3-10-22(36-24)30(34)43)26-14-5-15-27(38-26)40(21-9-2-7-19(17-21)29(33)42)25-13-4-11-23(37-25)31(35)44/h1-17H,(H2,32,41)(H2,33,42)(H2,34,43)(H2,35,44). The van der Waals surface area contributed by atoms with Gasteiger partial charge in [-0.05, 0) is 72.8 Å². The van der Waals surface area contributed by atoms with Gasteiger partial charge < -0.3 is 22.9 Å². The molecule has 0 atom stereocenters. The van der Waals surface area contributed by atoms with Crippen molar-refractivity contribution in [1.82, 2.24) is 15.0 Å². The molecule has 8 N–H and O–H groups in total. The van der Waals surface area contributed by atoms with Crippen molar-refractivity contribution in [3.05, 3.63) is 126 Å². The molecule has 5 rings (SSSR count). The summed E-state index contributed by atoms with van der Waals surface area (Å²) in [4.78, 5) is 65.0. The van der Waals surface area contributed by atoms with E-state index in [1.165, 1.54) is 12.1 Å². The minimum atomic E-state index is -0.736. The molecule has 3 heterocycles. The van der Waals surface area contributed by atoms with Gasteiger partial charge in [0.25, 0.3) is 11.8 Å². The number of nitrogens with two attached hydrogens (primary N) is 4. The molecule has 5 aromatic rings. The van der Waals surface area contributed by atoms with E-state index in [1.54, 1.807) is 101 Å². The first-order valence-electron chi connectivity index (χ1n) is 13.0. The Bertz CT molecular complexity index is 1680. The predicted octanol–water partition coefficient (Wildman–Crippen LogP) is 3.21. The van der Waals surface area contributed by atoms with Crippen LogP contribution in [0.25, 0.3) is 0 Å².